The third-order valence-electron chi connectivity index (χ3n) is 0.836. The molecule has 0 aromatic heterocycles. The molecule has 1 aliphatic rings. The molecule has 0 fully saturated rings. The molecular formula is C7H8O2. The third-order valence-corrected chi connectivity index (χ3v) is 0.836. The average Bonchev–Trinajstić information content (AvgIpc) is 2.00. The minimum Gasteiger partial charge on any atom is -0.345 e. The van der Waals surface area contributed by atoms with E-state index in [0.29, 0.717) is 6.61 Å². The lowest BCUT2D eigenvalue weighted by Crippen LogP contribution is -1.85. The number of hydrogen-bond donors (Lipinski definition) is 0. The van der Waals surface area contributed by atoms with Crippen molar-refractivity contribution < 1.29 is 9.78 Å². The van der Waals surface area contributed by atoms with E-state index in [4.69, 9.17) is 0 Å². The van der Waals surface area contributed by atoms with E-state index < -0.39 is 0 Å². The Hall–Kier alpha value is -1.02. The molecule has 2 nitrogen and oxygen atoms in total. The largest absolute Gasteiger partial charge is 0.345 e. The van der Waals surface area contributed by atoms with E-state index in [0.717, 1.165) is 0 Å². The first-order valence-corrected chi connectivity index (χ1v) is 2.77. The van der Waals surface area contributed by atoms with E-state index in [1.165, 1.54) is 6.26 Å². The summed E-state index contributed by atoms with van der Waals surface area (Å²) in [7, 11) is 0. The molecule has 0 atom stereocenters. The summed E-state index contributed by atoms with van der Waals surface area (Å²) in [6.45, 7) is 0.495. The Morgan fingerprint density at radius 1 is 1.00 bits per heavy atom. The van der Waals surface area contributed by atoms with E-state index in [1.807, 2.05) is 24.3 Å². The van der Waals surface area contributed by atoms with Crippen molar-refractivity contribution in [2.75, 3.05) is 6.61 Å². The van der Waals surface area contributed by atoms with Crippen LogP contribution in [0.2, 0.25) is 0 Å². The van der Waals surface area contributed by atoms with Crippen LogP contribution in [0.5, 0.6) is 0 Å². The van der Waals surface area contributed by atoms with Crippen molar-refractivity contribution in [2.24, 2.45) is 0 Å². The zero-order chi connectivity index (χ0) is 6.36. The normalized spacial score (nSPS) is 28.4. The molecule has 0 radical (unpaired) electrons. The van der Waals surface area contributed by atoms with E-state index in [2.05, 4.69) is 9.78 Å². The van der Waals surface area contributed by atoms with Crippen molar-refractivity contribution in [1.29, 1.82) is 0 Å². The van der Waals surface area contributed by atoms with Crippen molar-refractivity contribution in [1.82, 2.24) is 0 Å². The van der Waals surface area contributed by atoms with Gasteiger partial charge in [0.15, 0.2) is 0 Å². The highest BCUT2D eigenvalue weighted by molar-refractivity contribution is 5.10. The predicted octanol–water partition coefficient (Wildman–Crippen LogP) is 1.57. The Balaban J connectivity index is 2.45. The van der Waals surface area contributed by atoms with Crippen molar-refractivity contribution in [3.8, 4) is 0 Å². The van der Waals surface area contributed by atoms with Crippen molar-refractivity contribution in [2.45, 2.75) is 0 Å². The summed E-state index contributed by atoms with van der Waals surface area (Å²) in [4.78, 5) is 9.21. The molecule has 0 saturated carbocycles. The maximum atomic E-state index is 4.64. The maximum Gasteiger partial charge on any atom is 0.129 e. The maximum absolute atomic E-state index is 4.64. The molecule has 9 heavy (non-hydrogen) atoms. The van der Waals surface area contributed by atoms with Crippen molar-refractivity contribution in [3.63, 3.8) is 0 Å². The molecule has 0 N–H and O–H groups in total. The van der Waals surface area contributed by atoms with Crippen LogP contribution < -0.4 is 0 Å². The fraction of sp³-hybridized carbons (Fsp3) is 0.143. The molecule has 2 heteroatoms. The first-order valence-electron chi connectivity index (χ1n) is 2.77. The first-order chi connectivity index (χ1) is 4.50. The summed E-state index contributed by atoms with van der Waals surface area (Å²) in [5, 5.41) is 0. The number of rotatable bonds is 0. The highest BCUT2D eigenvalue weighted by atomic mass is 17.2. The van der Waals surface area contributed by atoms with Crippen LogP contribution in [0, 0.1) is 0 Å². The second-order valence-corrected chi connectivity index (χ2v) is 1.52. The van der Waals surface area contributed by atoms with Gasteiger partial charge in [-0.2, -0.15) is 4.89 Å². The zero-order valence-corrected chi connectivity index (χ0v) is 4.99. The van der Waals surface area contributed by atoms with Gasteiger partial charge >= 0.3 is 0 Å². The summed E-state index contributed by atoms with van der Waals surface area (Å²) < 4.78 is 0. The summed E-state index contributed by atoms with van der Waals surface area (Å²) >= 11 is 0. The van der Waals surface area contributed by atoms with Gasteiger partial charge in [0.05, 0.1) is 0 Å². The quantitative estimate of drug-likeness (QED) is 0.456. The van der Waals surface area contributed by atoms with Gasteiger partial charge in [0.1, 0.15) is 12.9 Å². The van der Waals surface area contributed by atoms with Gasteiger partial charge in [-0.3, -0.25) is 0 Å². The summed E-state index contributed by atoms with van der Waals surface area (Å²) in [6, 6.07) is 0. The van der Waals surface area contributed by atoms with Crippen molar-refractivity contribution >= 4 is 0 Å². The van der Waals surface area contributed by atoms with Crippen LogP contribution in [0.25, 0.3) is 0 Å². The third kappa shape index (κ3) is 2.72. The Kier molecular flexibility index (Phi) is 2.66. The Morgan fingerprint density at radius 3 is 2.89 bits per heavy atom. The molecule has 1 rings (SSSR count). The lowest BCUT2D eigenvalue weighted by molar-refractivity contribution is -0.238. The second kappa shape index (κ2) is 3.92. The molecule has 0 aromatic rings. The summed E-state index contributed by atoms with van der Waals surface area (Å²) in [6.07, 6.45) is 10.8. The van der Waals surface area contributed by atoms with Crippen LogP contribution in [-0.2, 0) is 9.78 Å². The zero-order valence-electron chi connectivity index (χ0n) is 4.99. The smallest absolute Gasteiger partial charge is 0.129 e. The lowest BCUT2D eigenvalue weighted by Gasteiger charge is -1.92. The molecule has 0 unspecified atom stereocenters. The standard InChI is InChI=1S/C7H8O2/c1-2-4-6-8-9-7-5-3-1/h1-6H,7H2/b2-1-,5-3-,6-4-. The fourth-order valence-electron chi connectivity index (χ4n) is 0.458. The van der Waals surface area contributed by atoms with Gasteiger partial charge in [0.25, 0.3) is 0 Å². The highest BCUT2D eigenvalue weighted by Crippen LogP contribution is 1.88. The number of allylic oxidation sites excluding steroid dienone is 4. The monoisotopic (exact) mass is 124 g/mol. The summed E-state index contributed by atoms with van der Waals surface area (Å²) in [5.74, 6) is 0. The lowest BCUT2D eigenvalue weighted by atomic mass is 10.4. The van der Waals surface area contributed by atoms with Crippen LogP contribution in [0.15, 0.2) is 36.6 Å². The minimum absolute atomic E-state index is 0.495. The van der Waals surface area contributed by atoms with Crippen LogP contribution in [0.1, 0.15) is 0 Å². The number of hydrogen-bond acceptors (Lipinski definition) is 2. The van der Waals surface area contributed by atoms with Crippen LogP contribution in [-0.4, -0.2) is 6.61 Å². The average molecular weight is 124 g/mol. The van der Waals surface area contributed by atoms with Gasteiger partial charge in [-0.25, -0.2) is 0 Å². The van der Waals surface area contributed by atoms with Crippen LogP contribution >= 0.6 is 0 Å². The molecule has 0 aliphatic carbocycles. The van der Waals surface area contributed by atoms with E-state index in [1.54, 1.807) is 6.08 Å². The predicted molar refractivity (Wildman–Crippen MR) is 34.5 cm³/mol. The molecule has 0 saturated heterocycles. The minimum atomic E-state index is 0.495. The molecule has 1 aliphatic heterocycles. The van der Waals surface area contributed by atoms with Gasteiger partial charge in [-0.1, -0.05) is 24.3 Å². The molecule has 48 valence electrons. The molecule has 0 bridgehead atoms. The summed E-state index contributed by atoms with van der Waals surface area (Å²) in [5.41, 5.74) is 0. The SMILES string of the molecule is C1=C\C=C/OOC\C=C/1. The van der Waals surface area contributed by atoms with E-state index >= 15 is 0 Å². The fourth-order valence-corrected chi connectivity index (χ4v) is 0.458. The van der Waals surface area contributed by atoms with Crippen molar-refractivity contribution in [3.05, 3.63) is 36.6 Å². The van der Waals surface area contributed by atoms with Gasteiger partial charge in [0, 0.05) is 0 Å². The molecule has 1 heterocycles. The van der Waals surface area contributed by atoms with E-state index in [-0.39, 0.29) is 0 Å². The van der Waals surface area contributed by atoms with Gasteiger partial charge < -0.3 is 4.89 Å². The van der Waals surface area contributed by atoms with Gasteiger partial charge in [0.2, 0.25) is 0 Å². The molecule has 0 spiro atoms. The Morgan fingerprint density at radius 2 is 1.89 bits per heavy atom. The molecule has 0 aromatic carbocycles. The van der Waals surface area contributed by atoms with Gasteiger partial charge in [-0.05, 0) is 6.08 Å². The van der Waals surface area contributed by atoms with Crippen LogP contribution in [0.3, 0.4) is 0 Å². The van der Waals surface area contributed by atoms with Crippen LogP contribution in [0.4, 0.5) is 0 Å². The van der Waals surface area contributed by atoms with Gasteiger partial charge in [-0.15, -0.1) is 0 Å². The topological polar surface area (TPSA) is 18.5 Å². The Bertz CT molecular complexity index is 129. The second-order valence-electron chi connectivity index (χ2n) is 1.52. The highest BCUT2D eigenvalue weighted by Gasteiger charge is 1.78. The molecular weight excluding hydrogens is 116 g/mol. The van der Waals surface area contributed by atoms with E-state index in [9.17, 15) is 0 Å². The molecule has 0 amide bonds. The Labute approximate surface area is 54.0 Å². The first kappa shape index (κ1) is 6.11.